The number of carbonyl (C=O) groups excluding carboxylic acids is 1. The Bertz CT molecular complexity index is 1480. The molecule has 1 aromatic heterocycles. The third kappa shape index (κ3) is 4.82. The normalized spacial score (nSPS) is 12.4. The predicted octanol–water partition coefficient (Wildman–Crippen LogP) is 6.33. The highest BCUT2D eigenvalue weighted by Gasteiger charge is 2.34. The van der Waals surface area contributed by atoms with E-state index in [-0.39, 0.29) is 11.2 Å². The maximum absolute atomic E-state index is 13.6. The molecule has 0 radical (unpaired) electrons. The molecule has 0 spiro atoms. The first kappa shape index (κ1) is 25.0. The molecule has 1 N–H and O–H groups in total. The average Bonchev–Trinajstić information content (AvgIpc) is 2.84. The highest BCUT2D eigenvalue weighted by atomic mass is 19.4. The van der Waals surface area contributed by atoms with Crippen LogP contribution in [0.25, 0.3) is 16.6 Å². The van der Waals surface area contributed by atoms with Crippen molar-refractivity contribution in [2.24, 2.45) is 0 Å². The van der Waals surface area contributed by atoms with Crippen LogP contribution in [0.4, 0.5) is 23.7 Å². The molecule has 0 aliphatic rings. The molecule has 0 aliphatic heterocycles. The van der Waals surface area contributed by atoms with Crippen LogP contribution in [0.2, 0.25) is 0 Å². The number of halogens is 3. The first-order chi connectivity index (χ1) is 17.1. The lowest BCUT2D eigenvalue weighted by atomic mass is 10.1. The summed E-state index contributed by atoms with van der Waals surface area (Å²) < 4.78 is 41.8. The van der Waals surface area contributed by atoms with Gasteiger partial charge in [0.05, 0.1) is 33.9 Å². The van der Waals surface area contributed by atoms with Gasteiger partial charge in [0.2, 0.25) is 0 Å². The molecule has 0 bridgehead atoms. The monoisotopic (exact) mass is 494 g/mol. The second-order valence-electron chi connectivity index (χ2n) is 8.48. The second kappa shape index (κ2) is 9.85. The summed E-state index contributed by atoms with van der Waals surface area (Å²) in [6.45, 7) is 3.72. The van der Waals surface area contributed by atoms with Crippen LogP contribution in [-0.4, -0.2) is 27.5 Å². The van der Waals surface area contributed by atoms with Crippen LogP contribution in [-0.2, 0) is 6.18 Å². The molecule has 1 heterocycles. The smallest absolute Gasteiger partial charge is 0.317 e. The maximum atomic E-state index is 13.6. The Morgan fingerprint density at radius 2 is 1.75 bits per heavy atom. The molecule has 186 valence electrons. The van der Waals surface area contributed by atoms with E-state index >= 15 is 0 Å². The zero-order valence-electron chi connectivity index (χ0n) is 20.0. The minimum Gasteiger partial charge on any atom is -0.317 e. The number of hydrogen-bond acceptors (Lipinski definition) is 3. The van der Waals surface area contributed by atoms with Crippen LogP contribution in [0.15, 0.2) is 77.6 Å². The van der Waals surface area contributed by atoms with E-state index in [0.717, 1.165) is 11.6 Å². The number of urea groups is 1. The Morgan fingerprint density at radius 3 is 2.44 bits per heavy atom. The van der Waals surface area contributed by atoms with E-state index in [1.807, 2.05) is 32.0 Å². The number of fused-ring (bicyclic) bond motifs is 1. The van der Waals surface area contributed by atoms with Crippen LogP contribution in [0.3, 0.4) is 0 Å². The molecular weight excluding hydrogens is 469 g/mol. The fourth-order valence-corrected chi connectivity index (χ4v) is 4.20. The third-order valence-electron chi connectivity index (χ3n) is 6.01. The van der Waals surface area contributed by atoms with Gasteiger partial charge in [-0.1, -0.05) is 43.3 Å². The van der Waals surface area contributed by atoms with Gasteiger partial charge in [-0.25, -0.2) is 9.78 Å². The summed E-state index contributed by atoms with van der Waals surface area (Å²) >= 11 is 0. The molecule has 0 aliphatic carbocycles. The van der Waals surface area contributed by atoms with Gasteiger partial charge in [-0.05, 0) is 55.3 Å². The van der Waals surface area contributed by atoms with Gasteiger partial charge in [0, 0.05) is 7.05 Å². The molecule has 36 heavy (non-hydrogen) atoms. The minimum absolute atomic E-state index is 0.295. The number of anilines is 1. The first-order valence-electron chi connectivity index (χ1n) is 11.4. The van der Waals surface area contributed by atoms with Crippen molar-refractivity contribution in [2.45, 2.75) is 32.5 Å². The van der Waals surface area contributed by atoms with E-state index < -0.39 is 23.8 Å². The average molecular weight is 495 g/mol. The number of benzene rings is 3. The number of rotatable bonds is 5. The topological polar surface area (TPSA) is 67.2 Å². The lowest BCUT2D eigenvalue weighted by Gasteiger charge is -2.29. The molecule has 0 saturated carbocycles. The molecule has 3 aromatic carbocycles. The third-order valence-corrected chi connectivity index (χ3v) is 6.01. The Morgan fingerprint density at radius 1 is 1.06 bits per heavy atom. The van der Waals surface area contributed by atoms with Gasteiger partial charge in [0.15, 0.2) is 0 Å². The zero-order valence-corrected chi connectivity index (χ0v) is 20.0. The minimum atomic E-state index is -4.63. The molecule has 2 amide bonds. The van der Waals surface area contributed by atoms with Gasteiger partial charge >= 0.3 is 12.2 Å². The summed E-state index contributed by atoms with van der Waals surface area (Å²) in [6.07, 6.45) is -4.26. The summed E-state index contributed by atoms with van der Waals surface area (Å²) in [5, 5.41) is 2.79. The Balaban J connectivity index is 1.81. The van der Waals surface area contributed by atoms with Gasteiger partial charge in [-0.3, -0.25) is 9.36 Å². The van der Waals surface area contributed by atoms with Crippen molar-refractivity contribution in [2.75, 3.05) is 12.4 Å². The molecular formula is C27H25F3N4O2. The number of aryl methyl sites for hydroxylation is 1. The van der Waals surface area contributed by atoms with Crippen LogP contribution >= 0.6 is 0 Å². The van der Waals surface area contributed by atoms with E-state index in [0.29, 0.717) is 28.8 Å². The van der Waals surface area contributed by atoms with Gasteiger partial charge in [-0.15, -0.1) is 0 Å². The number of nitrogens with one attached hydrogen (secondary N) is 1. The summed E-state index contributed by atoms with van der Waals surface area (Å²) in [7, 11) is 1.47. The summed E-state index contributed by atoms with van der Waals surface area (Å²) in [5.41, 5.74) is 0.399. The molecule has 9 heteroatoms. The lowest BCUT2D eigenvalue weighted by Crippen LogP contribution is -2.38. The van der Waals surface area contributed by atoms with E-state index in [2.05, 4.69) is 5.32 Å². The number of amides is 2. The van der Waals surface area contributed by atoms with Crippen LogP contribution < -0.4 is 10.9 Å². The van der Waals surface area contributed by atoms with Crippen molar-refractivity contribution in [3.05, 3.63) is 100 Å². The fourth-order valence-electron chi connectivity index (χ4n) is 4.20. The Kier molecular flexibility index (Phi) is 6.83. The summed E-state index contributed by atoms with van der Waals surface area (Å²) in [5.74, 6) is 0.313. The lowest BCUT2D eigenvalue weighted by molar-refractivity contribution is -0.136. The van der Waals surface area contributed by atoms with Gasteiger partial charge in [0.25, 0.3) is 5.56 Å². The van der Waals surface area contributed by atoms with Crippen molar-refractivity contribution < 1.29 is 18.0 Å². The SMILES string of the molecule is CCC(c1nc2ccccc2c(=O)n1-c1cccc(C)c1)N(C)C(=O)Nc1ccccc1C(F)(F)F. The molecule has 4 aromatic rings. The maximum Gasteiger partial charge on any atom is 0.418 e. The van der Waals surface area contributed by atoms with Crippen molar-refractivity contribution in [1.29, 1.82) is 0 Å². The van der Waals surface area contributed by atoms with E-state index in [4.69, 9.17) is 4.98 Å². The van der Waals surface area contributed by atoms with Gasteiger partial charge in [-0.2, -0.15) is 13.2 Å². The van der Waals surface area contributed by atoms with Crippen molar-refractivity contribution in [1.82, 2.24) is 14.5 Å². The summed E-state index contributed by atoms with van der Waals surface area (Å²) in [4.78, 5) is 32.8. The molecule has 4 rings (SSSR count). The van der Waals surface area contributed by atoms with E-state index in [1.165, 1.54) is 34.7 Å². The summed E-state index contributed by atoms with van der Waals surface area (Å²) in [6, 6.07) is 17.6. The second-order valence-corrected chi connectivity index (χ2v) is 8.48. The predicted molar refractivity (Wildman–Crippen MR) is 133 cm³/mol. The van der Waals surface area contributed by atoms with Gasteiger partial charge < -0.3 is 10.2 Å². The van der Waals surface area contributed by atoms with Crippen LogP contribution in [0.5, 0.6) is 0 Å². The standard InChI is InChI=1S/C27H25F3N4O2/c1-4-23(33(3)26(36)32-22-15-8-6-13-20(22)27(28,29)30)24-31-21-14-7-5-12-19(21)25(35)34(24)18-11-9-10-17(2)16-18/h5-16,23H,4H2,1-3H3,(H,32,36). The number of carbonyl (C=O) groups is 1. The highest BCUT2D eigenvalue weighted by Crippen LogP contribution is 2.35. The number of hydrogen-bond donors (Lipinski definition) is 1. The number of para-hydroxylation sites is 2. The highest BCUT2D eigenvalue weighted by molar-refractivity contribution is 5.90. The first-order valence-corrected chi connectivity index (χ1v) is 11.4. The molecule has 0 saturated heterocycles. The van der Waals surface area contributed by atoms with Crippen molar-refractivity contribution in [3.8, 4) is 5.69 Å². The van der Waals surface area contributed by atoms with Crippen LogP contribution in [0.1, 0.15) is 36.3 Å². The Hall–Kier alpha value is -4.14. The van der Waals surface area contributed by atoms with E-state index in [1.54, 1.807) is 30.3 Å². The fraction of sp³-hybridized carbons (Fsp3) is 0.222. The quantitative estimate of drug-likeness (QED) is 0.353. The molecule has 1 atom stereocenters. The molecule has 1 unspecified atom stereocenters. The van der Waals surface area contributed by atoms with Crippen molar-refractivity contribution >= 4 is 22.6 Å². The molecule has 0 fully saturated rings. The van der Waals surface area contributed by atoms with Crippen LogP contribution in [0, 0.1) is 6.92 Å². The Labute approximate surface area is 206 Å². The van der Waals surface area contributed by atoms with E-state index in [9.17, 15) is 22.8 Å². The van der Waals surface area contributed by atoms with Crippen molar-refractivity contribution in [3.63, 3.8) is 0 Å². The molecule has 6 nitrogen and oxygen atoms in total. The zero-order chi connectivity index (χ0) is 26.0. The number of nitrogens with zero attached hydrogens (tertiary/aromatic N) is 3. The largest absolute Gasteiger partial charge is 0.418 e. The van der Waals surface area contributed by atoms with Gasteiger partial charge in [0.1, 0.15) is 5.82 Å². The number of aromatic nitrogens is 2. The number of alkyl halides is 3.